The number of carbonyl (C=O) groups excluding carboxylic acids is 1. The second-order valence-corrected chi connectivity index (χ2v) is 5.48. The lowest BCUT2D eigenvalue weighted by atomic mass is 9.93. The van der Waals surface area contributed by atoms with Gasteiger partial charge in [-0.1, -0.05) is 18.2 Å². The molecule has 4 nitrogen and oxygen atoms in total. The number of anilines is 1. The van der Waals surface area contributed by atoms with E-state index in [4.69, 9.17) is 0 Å². The monoisotopic (exact) mass is 271 g/mol. The summed E-state index contributed by atoms with van der Waals surface area (Å²) in [5, 5.41) is 0. The van der Waals surface area contributed by atoms with Gasteiger partial charge in [-0.05, 0) is 31.4 Å². The number of pyridine rings is 1. The Balaban J connectivity index is 1.56. The Morgan fingerprint density at radius 2 is 2.00 bits per heavy atom. The molecule has 1 unspecified atom stereocenters. The van der Waals surface area contributed by atoms with Gasteiger partial charge in [-0.3, -0.25) is 4.79 Å². The predicted molar refractivity (Wildman–Crippen MR) is 79.5 cm³/mol. The van der Waals surface area contributed by atoms with E-state index in [-0.39, 0.29) is 5.92 Å². The highest BCUT2D eigenvalue weighted by atomic mass is 16.2. The van der Waals surface area contributed by atoms with Crippen molar-refractivity contribution in [1.82, 2.24) is 9.88 Å². The van der Waals surface area contributed by atoms with E-state index in [1.807, 2.05) is 29.3 Å². The van der Waals surface area contributed by atoms with Gasteiger partial charge < -0.3 is 9.80 Å². The van der Waals surface area contributed by atoms with Crippen LogP contribution in [0, 0.1) is 5.92 Å². The second kappa shape index (κ2) is 6.07. The van der Waals surface area contributed by atoms with E-state index in [9.17, 15) is 4.79 Å². The molecule has 1 aliphatic heterocycles. The third-order valence-corrected chi connectivity index (χ3v) is 4.18. The Morgan fingerprint density at radius 3 is 2.65 bits per heavy atom. The van der Waals surface area contributed by atoms with Crippen molar-refractivity contribution in [3.8, 4) is 0 Å². The Labute approximate surface area is 120 Å². The van der Waals surface area contributed by atoms with Crippen molar-refractivity contribution < 1.29 is 4.79 Å². The van der Waals surface area contributed by atoms with E-state index < -0.39 is 0 Å². The van der Waals surface area contributed by atoms with Crippen LogP contribution in [0.1, 0.15) is 19.3 Å². The van der Waals surface area contributed by atoms with Crippen LogP contribution in [-0.4, -0.2) is 42.0 Å². The van der Waals surface area contributed by atoms with Crippen LogP contribution in [-0.2, 0) is 4.79 Å². The molecule has 1 fully saturated rings. The van der Waals surface area contributed by atoms with Crippen molar-refractivity contribution in [3.63, 3.8) is 0 Å². The molecule has 0 aromatic carbocycles. The van der Waals surface area contributed by atoms with Crippen molar-refractivity contribution in [2.75, 3.05) is 31.1 Å². The molecule has 1 saturated heterocycles. The summed E-state index contributed by atoms with van der Waals surface area (Å²) >= 11 is 0. The van der Waals surface area contributed by atoms with Crippen molar-refractivity contribution in [2.24, 2.45) is 5.92 Å². The van der Waals surface area contributed by atoms with E-state index in [1.54, 1.807) is 0 Å². The van der Waals surface area contributed by atoms with Crippen LogP contribution in [0.15, 0.2) is 36.5 Å². The first-order chi connectivity index (χ1) is 9.84. The summed E-state index contributed by atoms with van der Waals surface area (Å²) in [7, 11) is 0. The van der Waals surface area contributed by atoms with Crippen LogP contribution in [0.5, 0.6) is 0 Å². The molecular weight excluding hydrogens is 250 g/mol. The molecule has 1 aromatic rings. The first kappa shape index (κ1) is 13.2. The summed E-state index contributed by atoms with van der Waals surface area (Å²) in [5.41, 5.74) is 0. The lowest BCUT2D eigenvalue weighted by molar-refractivity contribution is -0.136. The smallest absolute Gasteiger partial charge is 0.226 e. The Hall–Kier alpha value is -1.84. The maximum atomic E-state index is 12.5. The zero-order valence-corrected chi connectivity index (χ0v) is 11.7. The van der Waals surface area contributed by atoms with Crippen molar-refractivity contribution in [1.29, 1.82) is 0 Å². The maximum absolute atomic E-state index is 12.5. The molecule has 0 spiro atoms. The summed E-state index contributed by atoms with van der Waals surface area (Å²) in [6.07, 6.45) is 9.12. The van der Waals surface area contributed by atoms with Gasteiger partial charge >= 0.3 is 0 Å². The highest BCUT2D eigenvalue weighted by Gasteiger charge is 2.27. The molecule has 2 heterocycles. The molecule has 1 amide bonds. The number of allylic oxidation sites excluding steroid dienone is 2. The number of hydrogen-bond acceptors (Lipinski definition) is 3. The number of hydrogen-bond donors (Lipinski definition) is 0. The van der Waals surface area contributed by atoms with Crippen molar-refractivity contribution >= 4 is 11.7 Å². The minimum atomic E-state index is 0.210. The van der Waals surface area contributed by atoms with Gasteiger partial charge in [0.05, 0.1) is 0 Å². The molecule has 106 valence electrons. The van der Waals surface area contributed by atoms with Crippen LogP contribution in [0.25, 0.3) is 0 Å². The summed E-state index contributed by atoms with van der Waals surface area (Å²) in [6.45, 7) is 3.39. The molecule has 0 N–H and O–H groups in total. The first-order valence-corrected chi connectivity index (χ1v) is 7.44. The zero-order chi connectivity index (χ0) is 13.8. The fraction of sp³-hybridized carbons (Fsp3) is 0.500. The largest absolute Gasteiger partial charge is 0.353 e. The van der Waals surface area contributed by atoms with E-state index >= 15 is 0 Å². The minimum Gasteiger partial charge on any atom is -0.353 e. The van der Waals surface area contributed by atoms with Crippen molar-refractivity contribution in [3.05, 3.63) is 36.5 Å². The van der Waals surface area contributed by atoms with Gasteiger partial charge in [-0.15, -0.1) is 0 Å². The van der Waals surface area contributed by atoms with Gasteiger partial charge in [0.1, 0.15) is 5.82 Å². The molecule has 0 saturated carbocycles. The van der Waals surface area contributed by atoms with Crippen molar-refractivity contribution in [2.45, 2.75) is 19.3 Å². The Kier molecular flexibility index (Phi) is 4.00. The standard InChI is InChI=1S/C16H21N3O/c20-16(14-6-2-1-3-7-14)19-12-10-18(11-13-19)15-8-4-5-9-17-15/h1-2,4-5,8-9,14H,3,6-7,10-13H2. The van der Waals surface area contributed by atoms with Gasteiger partial charge in [0, 0.05) is 38.3 Å². The SMILES string of the molecule is O=C(C1CC=CCC1)N1CCN(c2ccccn2)CC1. The fourth-order valence-electron chi connectivity index (χ4n) is 2.97. The number of aromatic nitrogens is 1. The summed E-state index contributed by atoms with van der Waals surface area (Å²) in [6, 6.07) is 5.97. The highest BCUT2D eigenvalue weighted by molar-refractivity contribution is 5.79. The third-order valence-electron chi connectivity index (χ3n) is 4.18. The molecule has 20 heavy (non-hydrogen) atoms. The molecular formula is C16H21N3O. The average Bonchev–Trinajstić information content (AvgIpc) is 2.56. The predicted octanol–water partition coefficient (Wildman–Crippen LogP) is 2.09. The van der Waals surface area contributed by atoms with E-state index in [1.165, 1.54) is 0 Å². The molecule has 1 atom stereocenters. The van der Waals surface area contributed by atoms with E-state index in [2.05, 4.69) is 22.0 Å². The topological polar surface area (TPSA) is 36.4 Å². The molecule has 0 radical (unpaired) electrons. The Morgan fingerprint density at radius 1 is 1.15 bits per heavy atom. The molecule has 2 aliphatic rings. The van der Waals surface area contributed by atoms with Crippen LogP contribution >= 0.6 is 0 Å². The number of nitrogens with zero attached hydrogens (tertiary/aromatic N) is 3. The third kappa shape index (κ3) is 2.84. The number of rotatable bonds is 2. The van der Waals surface area contributed by atoms with Gasteiger partial charge in [0.2, 0.25) is 5.91 Å². The fourth-order valence-corrected chi connectivity index (χ4v) is 2.97. The van der Waals surface area contributed by atoms with Crippen LogP contribution in [0.4, 0.5) is 5.82 Å². The number of carbonyl (C=O) groups is 1. The van der Waals surface area contributed by atoms with Gasteiger partial charge in [0.15, 0.2) is 0 Å². The van der Waals surface area contributed by atoms with Gasteiger partial charge in [-0.25, -0.2) is 4.98 Å². The lowest BCUT2D eigenvalue weighted by Gasteiger charge is -2.37. The quantitative estimate of drug-likeness (QED) is 0.773. The first-order valence-electron chi connectivity index (χ1n) is 7.44. The number of amides is 1. The molecule has 1 aliphatic carbocycles. The van der Waals surface area contributed by atoms with E-state index in [0.29, 0.717) is 5.91 Å². The second-order valence-electron chi connectivity index (χ2n) is 5.48. The maximum Gasteiger partial charge on any atom is 0.226 e. The summed E-state index contributed by atoms with van der Waals surface area (Å²) in [4.78, 5) is 21.1. The summed E-state index contributed by atoms with van der Waals surface area (Å²) in [5.74, 6) is 1.57. The lowest BCUT2D eigenvalue weighted by Crippen LogP contribution is -2.50. The molecule has 0 bridgehead atoms. The molecule has 4 heteroatoms. The highest BCUT2D eigenvalue weighted by Crippen LogP contribution is 2.22. The minimum absolute atomic E-state index is 0.210. The van der Waals surface area contributed by atoms with Gasteiger partial charge in [-0.2, -0.15) is 0 Å². The van der Waals surface area contributed by atoms with E-state index in [0.717, 1.165) is 51.3 Å². The zero-order valence-electron chi connectivity index (χ0n) is 11.7. The average molecular weight is 271 g/mol. The van der Waals surface area contributed by atoms with Gasteiger partial charge in [0.25, 0.3) is 0 Å². The molecule has 1 aromatic heterocycles. The Bertz CT molecular complexity index is 478. The summed E-state index contributed by atoms with van der Waals surface area (Å²) < 4.78 is 0. The van der Waals surface area contributed by atoms with Crippen LogP contribution in [0.3, 0.4) is 0 Å². The normalized spacial score (nSPS) is 22.9. The van der Waals surface area contributed by atoms with Crippen LogP contribution < -0.4 is 4.90 Å². The number of piperazine rings is 1. The molecule has 3 rings (SSSR count). The van der Waals surface area contributed by atoms with Crippen LogP contribution in [0.2, 0.25) is 0 Å².